The van der Waals surface area contributed by atoms with Crippen molar-refractivity contribution in [3.63, 3.8) is 0 Å². The minimum absolute atomic E-state index is 0.0176. The standard InChI is InChI=1S/C28H26N4S2/c1-3-19-20(4-2)26(18-10-12-24(32-16-18)28-30-13-14-34-28)22-8-6-5-7-21(22)25(19)17-9-11-23(27(29)33)31-15-17/h3-16,23,27-28,30-31,33H,1-2,29H2. The van der Waals surface area contributed by atoms with Gasteiger partial charge in [-0.05, 0) is 50.1 Å². The van der Waals surface area contributed by atoms with Crippen molar-refractivity contribution in [2.75, 3.05) is 0 Å². The molecule has 2 aromatic carbocycles. The molecule has 0 spiro atoms. The van der Waals surface area contributed by atoms with E-state index in [-0.39, 0.29) is 16.8 Å². The fourth-order valence-electron chi connectivity index (χ4n) is 4.54. The molecule has 0 radical (unpaired) electrons. The molecule has 3 atom stereocenters. The van der Waals surface area contributed by atoms with Crippen LogP contribution in [0.3, 0.4) is 0 Å². The predicted molar refractivity (Wildman–Crippen MR) is 151 cm³/mol. The third kappa shape index (κ3) is 3.98. The molecule has 2 aliphatic rings. The zero-order valence-corrected chi connectivity index (χ0v) is 20.3. The smallest absolute Gasteiger partial charge is 0.119 e. The first kappa shape index (κ1) is 22.6. The van der Waals surface area contributed by atoms with Crippen molar-refractivity contribution in [1.82, 2.24) is 15.6 Å². The van der Waals surface area contributed by atoms with Gasteiger partial charge >= 0.3 is 0 Å². The average Bonchev–Trinajstić information content (AvgIpc) is 3.42. The molecule has 34 heavy (non-hydrogen) atoms. The zero-order valence-electron chi connectivity index (χ0n) is 18.6. The number of hydrogen-bond donors (Lipinski definition) is 4. The molecule has 170 valence electrons. The molecule has 0 saturated heterocycles. The first-order valence-corrected chi connectivity index (χ1v) is 12.5. The molecule has 0 amide bonds. The number of allylic oxidation sites excluding steroid dienone is 2. The van der Waals surface area contributed by atoms with Gasteiger partial charge < -0.3 is 16.4 Å². The van der Waals surface area contributed by atoms with Crippen molar-refractivity contribution in [3.8, 4) is 11.1 Å². The Morgan fingerprint density at radius 3 is 2.32 bits per heavy atom. The average molecular weight is 483 g/mol. The fourth-order valence-corrected chi connectivity index (χ4v) is 5.47. The SMILES string of the molecule is C=Cc1c(C=C)c(-c2ccc(C3NC=CS3)nc2)c2ccccc2c1C1=CNC(C(N)S)C=C1. The Hall–Kier alpha value is -3.19. The molecule has 2 aliphatic heterocycles. The van der Waals surface area contributed by atoms with Gasteiger partial charge in [-0.15, -0.1) is 11.8 Å². The second-order valence-corrected chi connectivity index (χ2v) is 9.74. The molecule has 6 heteroatoms. The number of benzene rings is 2. The molecule has 1 aromatic heterocycles. The zero-order chi connectivity index (χ0) is 23.7. The molecule has 3 aromatic rings. The lowest BCUT2D eigenvalue weighted by atomic mass is 9.83. The van der Waals surface area contributed by atoms with E-state index in [0.717, 1.165) is 49.9 Å². The summed E-state index contributed by atoms with van der Waals surface area (Å²) < 4.78 is 0. The lowest BCUT2D eigenvalue weighted by Crippen LogP contribution is -2.38. The van der Waals surface area contributed by atoms with E-state index >= 15 is 0 Å². The maximum Gasteiger partial charge on any atom is 0.119 e. The first-order chi connectivity index (χ1) is 16.6. The molecule has 5 rings (SSSR count). The van der Waals surface area contributed by atoms with Crippen molar-refractivity contribution in [2.24, 2.45) is 5.73 Å². The minimum atomic E-state index is -0.278. The molecule has 0 saturated carbocycles. The van der Waals surface area contributed by atoms with Crippen molar-refractivity contribution >= 4 is 52.9 Å². The van der Waals surface area contributed by atoms with Crippen LogP contribution in [0.2, 0.25) is 0 Å². The van der Waals surface area contributed by atoms with Gasteiger partial charge in [0.25, 0.3) is 0 Å². The highest BCUT2D eigenvalue weighted by Gasteiger charge is 2.22. The molecule has 4 N–H and O–H groups in total. The van der Waals surface area contributed by atoms with Gasteiger partial charge in [-0.25, -0.2) is 0 Å². The van der Waals surface area contributed by atoms with E-state index in [1.807, 2.05) is 36.2 Å². The normalized spacial score (nSPS) is 19.9. The highest BCUT2D eigenvalue weighted by atomic mass is 32.2. The van der Waals surface area contributed by atoms with Crippen LogP contribution in [0.4, 0.5) is 0 Å². The van der Waals surface area contributed by atoms with Gasteiger partial charge in [0, 0.05) is 24.2 Å². The summed E-state index contributed by atoms with van der Waals surface area (Å²) in [6.45, 7) is 8.33. The van der Waals surface area contributed by atoms with Crippen molar-refractivity contribution < 1.29 is 0 Å². The van der Waals surface area contributed by atoms with Crippen molar-refractivity contribution in [3.05, 3.63) is 108 Å². The summed E-state index contributed by atoms with van der Waals surface area (Å²) >= 11 is 6.09. The number of thiol groups is 1. The third-order valence-corrected chi connectivity index (χ3v) is 7.41. The van der Waals surface area contributed by atoms with Gasteiger partial charge in [0.1, 0.15) is 5.37 Å². The summed E-state index contributed by atoms with van der Waals surface area (Å²) in [5.74, 6) is 0. The summed E-state index contributed by atoms with van der Waals surface area (Å²) in [6.07, 6.45) is 13.9. The molecule has 3 unspecified atom stereocenters. The van der Waals surface area contributed by atoms with Gasteiger partial charge in [-0.2, -0.15) is 12.6 Å². The molecule has 0 aliphatic carbocycles. The second kappa shape index (κ2) is 9.58. The van der Waals surface area contributed by atoms with Crippen LogP contribution in [0, 0.1) is 0 Å². The number of dihydropyridines is 1. The van der Waals surface area contributed by atoms with Crippen molar-refractivity contribution in [1.29, 1.82) is 0 Å². The van der Waals surface area contributed by atoms with Crippen LogP contribution >= 0.6 is 24.4 Å². The Labute approximate surface area is 209 Å². The van der Waals surface area contributed by atoms with Crippen LogP contribution in [-0.2, 0) is 0 Å². The lowest BCUT2D eigenvalue weighted by Gasteiger charge is -2.25. The molecular formula is C28H26N4S2. The van der Waals surface area contributed by atoms with Crippen LogP contribution in [0.1, 0.15) is 27.8 Å². The summed E-state index contributed by atoms with van der Waals surface area (Å²) in [7, 11) is 0. The maximum atomic E-state index is 5.96. The topological polar surface area (TPSA) is 63.0 Å². The van der Waals surface area contributed by atoms with Gasteiger partial charge in [0.2, 0.25) is 0 Å². The van der Waals surface area contributed by atoms with Crippen LogP contribution in [-0.4, -0.2) is 16.4 Å². The van der Waals surface area contributed by atoms with Gasteiger partial charge in [0.05, 0.1) is 17.1 Å². The number of hydrogen-bond acceptors (Lipinski definition) is 6. The Morgan fingerprint density at radius 2 is 1.76 bits per heavy atom. The maximum absolute atomic E-state index is 5.96. The van der Waals surface area contributed by atoms with Crippen LogP contribution in [0.15, 0.2) is 85.7 Å². The van der Waals surface area contributed by atoms with Gasteiger partial charge in [0.15, 0.2) is 0 Å². The monoisotopic (exact) mass is 482 g/mol. The van der Waals surface area contributed by atoms with E-state index in [0.29, 0.717) is 0 Å². The van der Waals surface area contributed by atoms with E-state index in [4.69, 9.17) is 10.7 Å². The molecule has 0 bridgehead atoms. The van der Waals surface area contributed by atoms with Gasteiger partial charge in [-0.1, -0.05) is 67.8 Å². The largest absolute Gasteiger partial charge is 0.382 e. The Bertz CT molecular complexity index is 1350. The highest BCUT2D eigenvalue weighted by Crippen LogP contribution is 2.42. The number of pyridine rings is 1. The third-order valence-electron chi connectivity index (χ3n) is 6.15. The summed E-state index contributed by atoms with van der Waals surface area (Å²) in [6, 6.07) is 12.7. The lowest BCUT2D eigenvalue weighted by molar-refractivity contribution is 0.673. The first-order valence-electron chi connectivity index (χ1n) is 11.1. The van der Waals surface area contributed by atoms with Gasteiger partial charge in [-0.3, -0.25) is 4.98 Å². The summed E-state index contributed by atoms with van der Waals surface area (Å²) in [5, 5.41) is 10.9. The Kier molecular flexibility index (Phi) is 6.37. The second-order valence-electron chi connectivity index (χ2n) is 8.13. The van der Waals surface area contributed by atoms with Crippen LogP contribution in [0.5, 0.6) is 0 Å². The van der Waals surface area contributed by atoms with E-state index in [1.165, 1.54) is 0 Å². The summed E-state index contributed by atoms with van der Waals surface area (Å²) in [4.78, 5) is 4.78. The predicted octanol–water partition coefficient (Wildman–Crippen LogP) is 6.08. The Balaban J connectivity index is 1.69. The Morgan fingerprint density at radius 1 is 1.03 bits per heavy atom. The quantitative estimate of drug-likeness (QED) is 0.253. The number of thioether (sulfide) groups is 1. The van der Waals surface area contributed by atoms with E-state index < -0.39 is 0 Å². The van der Waals surface area contributed by atoms with Crippen molar-refractivity contribution in [2.45, 2.75) is 16.8 Å². The number of fused-ring (bicyclic) bond motifs is 1. The molecular weight excluding hydrogens is 456 g/mol. The van der Waals surface area contributed by atoms with Crippen LogP contribution < -0.4 is 16.4 Å². The number of nitrogens with one attached hydrogen (secondary N) is 2. The molecule has 3 heterocycles. The number of aromatic nitrogens is 1. The fraction of sp³-hybridized carbons (Fsp3) is 0.107. The highest BCUT2D eigenvalue weighted by molar-refractivity contribution is 8.02. The molecule has 0 fully saturated rings. The van der Waals surface area contributed by atoms with E-state index in [9.17, 15) is 0 Å². The summed E-state index contributed by atoms with van der Waals surface area (Å²) in [5.41, 5.74) is 13.4. The van der Waals surface area contributed by atoms with E-state index in [1.54, 1.807) is 11.8 Å². The number of rotatable bonds is 6. The number of nitrogens with two attached hydrogens (primary N) is 1. The minimum Gasteiger partial charge on any atom is -0.382 e. The molecule has 4 nitrogen and oxygen atoms in total. The van der Waals surface area contributed by atoms with E-state index in [2.05, 4.69) is 85.0 Å². The van der Waals surface area contributed by atoms with Crippen LogP contribution in [0.25, 0.3) is 39.6 Å². The number of nitrogens with zero attached hydrogens (tertiary/aromatic N) is 1.